The van der Waals surface area contributed by atoms with Gasteiger partial charge in [-0.25, -0.2) is 0 Å². The van der Waals surface area contributed by atoms with E-state index < -0.39 is 0 Å². The van der Waals surface area contributed by atoms with Gasteiger partial charge in [-0.2, -0.15) is 0 Å². The van der Waals surface area contributed by atoms with Gasteiger partial charge in [0.15, 0.2) is 0 Å². The van der Waals surface area contributed by atoms with E-state index in [0.29, 0.717) is 23.3 Å². The van der Waals surface area contributed by atoms with Crippen LogP contribution in [0.5, 0.6) is 0 Å². The lowest BCUT2D eigenvalue weighted by Gasteiger charge is -2.28. The highest BCUT2D eigenvalue weighted by atomic mass is 35.5. The number of halogens is 1. The topological polar surface area (TPSA) is 41.1 Å². The van der Waals surface area contributed by atoms with E-state index >= 15 is 0 Å². The molecule has 0 radical (unpaired) electrons. The molecule has 1 fully saturated rings. The largest absolute Gasteiger partial charge is 0.350 e. The van der Waals surface area contributed by atoms with Crippen molar-refractivity contribution in [1.82, 2.24) is 10.6 Å². The summed E-state index contributed by atoms with van der Waals surface area (Å²) in [6.07, 6.45) is 3.02. The fraction of sp³-hybridized carbons (Fsp3) is 0.588. The van der Waals surface area contributed by atoms with Crippen LogP contribution in [-0.2, 0) is 4.79 Å². The van der Waals surface area contributed by atoms with Crippen molar-refractivity contribution < 1.29 is 4.79 Å². The third kappa shape index (κ3) is 4.72. The predicted molar refractivity (Wildman–Crippen MR) is 87.4 cm³/mol. The minimum atomic E-state index is -0.0529. The highest BCUT2D eigenvalue weighted by molar-refractivity contribution is 6.31. The van der Waals surface area contributed by atoms with Crippen molar-refractivity contribution in [2.24, 2.45) is 11.8 Å². The molecule has 3 nitrogen and oxygen atoms in total. The van der Waals surface area contributed by atoms with E-state index in [4.69, 9.17) is 11.6 Å². The first-order chi connectivity index (χ1) is 10.1. The third-order valence-corrected chi connectivity index (χ3v) is 4.74. The van der Waals surface area contributed by atoms with E-state index in [0.717, 1.165) is 18.7 Å². The van der Waals surface area contributed by atoms with E-state index in [-0.39, 0.29) is 11.9 Å². The molecule has 2 unspecified atom stereocenters. The molecule has 21 heavy (non-hydrogen) atoms. The number of hydrogen-bond donors (Lipinski definition) is 2. The normalized spacial score (nSPS) is 21.6. The first kappa shape index (κ1) is 16.3. The number of carbonyl (C=O) groups excluding carboxylic acids is 1. The van der Waals surface area contributed by atoms with E-state index in [9.17, 15) is 4.79 Å². The Hall–Kier alpha value is -1.06. The molecule has 4 heteroatoms. The molecule has 1 aromatic rings. The third-order valence-electron chi connectivity index (χ3n) is 4.40. The van der Waals surface area contributed by atoms with E-state index in [1.54, 1.807) is 0 Å². The van der Waals surface area contributed by atoms with E-state index in [1.807, 2.05) is 31.2 Å². The van der Waals surface area contributed by atoms with Crippen LogP contribution in [-0.4, -0.2) is 19.0 Å². The first-order valence-electron chi connectivity index (χ1n) is 7.82. The first-order valence-corrected chi connectivity index (χ1v) is 8.20. The van der Waals surface area contributed by atoms with Gasteiger partial charge in [0.2, 0.25) is 5.91 Å². The van der Waals surface area contributed by atoms with Crippen LogP contribution in [0, 0.1) is 11.8 Å². The maximum absolute atomic E-state index is 12.2. The maximum Gasteiger partial charge on any atom is 0.220 e. The second-order valence-corrected chi connectivity index (χ2v) is 6.51. The summed E-state index contributed by atoms with van der Waals surface area (Å²) in [6.45, 7) is 6.30. The van der Waals surface area contributed by atoms with Gasteiger partial charge in [-0.1, -0.05) is 36.7 Å². The lowest BCUT2D eigenvalue weighted by Crippen LogP contribution is -2.36. The molecule has 1 aliphatic heterocycles. The molecule has 1 amide bonds. The van der Waals surface area contributed by atoms with Crippen molar-refractivity contribution in [3.8, 4) is 0 Å². The zero-order valence-corrected chi connectivity index (χ0v) is 13.6. The quantitative estimate of drug-likeness (QED) is 0.873. The van der Waals surface area contributed by atoms with Crippen LogP contribution in [0.15, 0.2) is 24.3 Å². The average molecular weight is 309 g/mol. The molecule has 0 bridgehead atoms. The summed E-state index contributed by atoms with van der Waals surface area (Å²) in [5, 5.41) is 7.18. The van der Waals surface area contributed by atoms with Gasteiger partial charge in [-0.05, 0) is 56.3 Å². The Kier molecular flexibility index (Phi) is 6.07. The summed E-state index contributed by atoms with van der Waals surface area (Å²) in [4.78, 5) is 12.2. The minimum Gasteiger partial charge on any atom is -0.350 e. The van der Waals surface area contributed by atoms with Crippen molar-refractivity contribution in [3.05, 3.63) is 34.9 Å². The van der Waals surface area contributed by atoms with Crippen molar-refractivity contribution >= 4 is 17.5 Å². The van der Waals surface area contributed by atoms with Crippen LogP contribution < -0.4 is 10.6 Å². The number of piperidine rings is 1. The van der Waals surface area contributed by atoms with Crippen LogP contribution in [0.3, 0.4) is 0 Å². The summed E-state index contributed by atoms with van der Waals surface area (Å²) < 4.78 is 0. The second-order valence-electron chi connectivity index (χ2n) is 6.10. The van der Waals surface area contributed by atoms with Gasteiger partial charge in [0.1, 0.15) is 0 Å². The minimum absolute atomic E-state index is 0.0529. The fourth-order valence-corrected chi connectivity index (χ4v) is 3.33. The van der Waals surface area contributed by atoms with Crippen molar-refractivity contribution in [1.29, 1.82) is 0 Å². The summed E-state index contributed by atoms with van der Waals surface area (Å²) in [5.74, 6) is 1.14. The zero-order valence-electron chi connectivity index (χ0n) is 12.9. The number of benzene rings is 1. The van der Waals surface area contributed by atoms with Crippen LogP contribution in [0.25, 0.3) is 0 Å². The monoisotopic (exact) mass is 308 g/mol. The average Bonchev–Trinajstić information content (AvgIpc) is 2.48. The Labute approximate surface area is 132 Å². The molecule has 3 atom stereocenters. The maximum atomic E-state index is 12.2. The van der Waals surface area contributed by atoms with Gasteiger partial charge in [0.05, 0.1) is 6.04 Å². The number of carbonyl (C=O) groups is 1. The molecule has 0 aromatic heterocycles. The molecular weight excluding hydrogens is 284 g/mol. The van der Waals surface area contributed by atoms with Crippen molar-refractivity contribution in [2.45, 2.75) is 39.2 Å². The molecule has 1 saturated heterocycles. The number of hydrogen-bond acceptors (Lipinski definition) is 2. The summed E-state index contributed by atoms with van der Waals surface area (Å²) in [7, 11) is 0. The highest BCUT2D eigenvalue weighted by Crippen LogP contribution is 2.24. The Bertz CT molecular complexity index is 472. The number of rotatable bonds is 5. The van der Waals surface area contributed by atoms with Crippen LogP contribution in [0.1, 0.15) is 44.7 Å². The van der Waals surface area contributed by atoms with Crippen molar-refractivity contribution in [2.75, 3.05) is 13.1 Å². The Morgan fingerprint density at radius 1 is 1.43 bits per heavy atom. The lowest BCUT2D eigenvalue weighted by atomic mass is 9.85. The van der Waals surface area contributed by atoms with Gasteiger partial charge in [0, 0.05) is 11.4 Å². The standard InChI is InChI=1S/C17H25ClN2O/c1-12(14-6-5-9-19-11-14)10-17(21)20-13(2)15-7-3-4-8-16(15)18/h3-4,7-8,12-14,19H,5-6,9-11H2,1-2H3,(H,20,21)/t12?,13-,14?/m0/s1. The Morgan fingerprint density at radius 3 is 2.86 bits per heavy atom. The summed E-state index contributed by atoms with van der Waals surface area (Å²) in [6, 6.07) is 7.61. The Morgan fingerprint density at radius 2 is 2.19 bits per heavy atom. The molecular formula is C17H25ClN2O. The zero-order chi connectivity index (χ0) is 15.2. The smallest absolute Gasteiger partial charge is 0.220 e. The van der Waals surface area contributed by atoms with E-state index in [1.165, 1.54) is 12.8 Å². The van der Waals surface area contributed by atoms with E-state index in [2.05, 4.69) is 17.6 Å². The summed E-state index contributed by atoms with van der Waals surface area (Å²) in [5.41, 5.74) is 0.972. The van der Waals surface area contributed by atoms with Gasteiger partial charge in [-0.15, -0.1) is 0 Å². The molecule has 0 spiro atoms. The van der Waals surface area contributed by atoms with Crippen LogP contribution in [0.2, 0.25) is 5.02 Å². The van der Waals surface area contributed by atoms with Gasteiger partial charge < -0.3 is 10.6 Å². The molecule has 2 N–H and O–H groups in total. The molecule has 0 saturated carbocycles. The van der Waals surface area contributed by atoms with Crippen LogP contribution >= 0.6 is 11.6 Å². The summed E-state index contributed by atoms with van der Waals surface area (Å²) >= 11 is 6.17. The number of nitrogens with one attached hydrogen (secondary N) is 2. The lowest BCUT2D eigenvalue weighted by molar-refractivity contribution is -0.123. The highest BCUT2D eigenvalue weighted by Gasteiger charge is 2.22. The molecule has 1 heterocycles. The second kappa shape index (κ2) is 7.81. The molecule has 0 aliphatic carbocycles. The molecule has 2 rings (SSSR count). The molecule has 1 aromatic carbocycles. The Balaban J connectivity index is 1.85. The van der Waals surface area contributed by atoms with Gasteiger partial charge >= 0.3 is 0 Å². The predicted octanol–water partition coefficient (Wildman–Crippen LogP) is 3.54. The fourth-order valence-electron chi connectivity index (χ4n) is 3.03. The van der Waals surface area contributed by atoms with Gasteiger partial charge in [0.25, 0.3) is 0 Å². The SMILES string of the molecule is CC(CC(=O)N[C@@H](C)c1ccccc1Cl)C1CCCNC1. The molecule has 116 valence electrons. The number of amides is 1. The molecule has 1 aliphatic rings. The van der Waals surface area contributed by atoms with Crippen molar-refractivity contribution in [3.63, 3.8) is 0 Å². The van der Waals surface area contributed by atoms with Crippen LogP contribution in [0.4, 0.5) is 0 Å². The van der Waals surface area contributed by atoms with Gasteiger partial charge in [-0.3, -0.25) is 4.79 Å².